The van der Waals surface area contributed by atoms with Gasteiger partial charge in [-0.15, -0.1) is 11.3 Å². The predicted octanol–water partition coefficient (Wildman–Crippen LogP) is 4.16. The number of benzene rings is 2. The molecule has 0 radical (unpaired) electrons. The fourth-order valence-electron chi connectivity index (χ4n) is 2.39. The van der Waals surface area contributed by atoms with Crippen LogP contribution in [0.5, 0.6) is 0 Å². The lowest BCUT2D eigenvalue weighted by molar-refractivity contribution is 0.0954. The molecular formula is C20H19N3OS. The van der Waals surface area contributed by atoms with E-state index in [1.807, 2.05) is 60.0 Å². The minimum Gasteiger partial charge on any atom is -0.352 e. The number of nitrogens with one attached hydrogen (secondary N) is 3. The van der Waals surface area contributed by atoms with Gasteiger partial charge in [0.2, 0.25) is 0 Å². The molecule has 5 heteroatoms. The Morgan fingerprint density at radius 2 is 1.72 bits per heavy atom. The van der Waals surface area contributed by atoms with Crippen molar-refractivity contribution in [2.45, 2.75) is 6.42 Å². The summed E-state index contributed by atoms with van der Waals surface area (Å²) in [6.45, 7) is 0.589. The largest absolute Gasteiger partial charge is 0.352 e. The van der Waals surface area contributed by atoms with Crippen LogP contribution in [0.1, 0.15) is 20.8 Å². The second-order valence-electron chi connectivity index (χ2n) is 5.55. The average Bonchev–Trinajstić information content (AvgIpc) is 3.19. The zero-order valence-electron chi connectivity index (χ0n) is 13.7. The molecule has 0 atom stereocenters. The van der Waals surface area contributed by atoms with Gasteiger partial charge in [-0.05, 0) is 47.7 Å². The second kappa shape index (κ2) is 8.26. The van der Waals surface area contributed by atoms with Crippen LogP contribution in [-0.2, 0) is 6.42 Å². The zero-order chi connectivity index (χ0) is 17.5. The van der Waals surface area contributed by atoms with Crippen LogP contribution >= 0.6 is 11.3 Å². The van der Waals surface area contributed by atoms with Gasteiger partial charge in [0, 0.05) is 17.8 Å². The van der Waals surface area contributed by atoms with Crippen molar-refractivity contribution in [3.8, 4) is 0 Å². The Labute approximate surface area is 151 Å². The molecular weight excluding hydrogens is 330 g/mol. The van der Waals surface area contributed by atoms with E-state index in [2.05, 4.69) is 10.6 Å². The summed E-state index contributed by atoms with van der Waals surface area (Å²) in [5.74, 6) is 0.348. The van der Waals surface area contributed by atoms with Gasteiger partial charge in [0.05, 0.1) is 4.88 Å². The number of hydrogen-bond acceptors (Lipinski definition) is 3. The number of amides is 1. The minimum absolute atomic E-state index is 0.0525. The standard InChI is InChI=1S/C20H19N3OS/c21-19(18-7-4-14-25-18)23-17-10-8-15(9-11-17)12-13-22-20(24)16-5-2-1-3-6-16/h1-11,14H,12-13H2,(H2,21,23)(H,22,24). The third-order valence-corrected chi connectivity index (χ3v) is 4.61. The molecule has 0 spiro atoms. The van der Waals surface area contributed by atoms with Crippen LogP contribution in [0.3, 0.4) is 0 Å². The summed E-state index contributed by atoms with van der Waals surface area (Å²) in [5, 5.41) is 16.0. The topological polar surface area (TPSA) is 65.0 Å². The number of amidine groups is 1. The summed E-state index contributed by atoms with van der Waals surface area (Å²) < 4.78 is 0. The molecule has 25 heavy (non-hydrogen) atoms. The molecule has 0 fully saturated rings. The molecule has 0 saturated heterocycles. The molecule has 3 N–H and O–H groups in total. The summed E-state index contributed by atoms with van der Waals surface area (Å²) in [6, 6.07) is 21.0. The summed E-state index contributed by atoms with van der Waals surface area (Å²) in [6.07, 6.45) is 0.765. The quantitative estimate of drug-likeness (QED) is 0.462. The van der Waals surface area contributed by atoms with Crippen LogP contribution in [0.15, 0.2) is 72.1 Å². The molecule has 1 amide bonds. The van der Waals surface area contributed by atoms with E-state index in [1.165, 1.54) is 11.3 Å². The maximum atomic E-state index is 12.0. The van der Waals surface area contributed by atoms with E-state index in [4.69, 9.17) is 5.41 Å². The monoisotopic (exact) mass is 349 g/mol. The van der Waals surface area contributed by atoms with Crippen molar-refractivity contribution in [3.05, 3.63) is 88.1 Å². The number of rotatable bonds is 6. The molecule has 2 aromatic carbocycles. The fourth-order valence-corrected chi connectivity index (χ4v) is 3.02. The summed E-state index contributed by atoms with van der Waals surface area (Å²) >= 11 is 1.54. The highest BCUT2D eigenvalue weighted by Gasteiger charge is 2.05. The maximum absolute atomic E-state index is 12.0. The van der Waals surface area contributed by atoms with E-state index >= 15 is 0 Å². The Kier molecular flexibility index (Phi) is 5.59. The van der Waals surface area contributed by atoms with Crippen molar-refractivity contribution in [1.29, 1.82) is 5.41 Å². The molecule has 3 aromatic rings. The summed E-state index contributed by atoms with van der Waals surface area (Å²) in [7, 11) is 0. The Hall–Kier alpha value is -2.92. The Balaban J connectivity index is 1.48. The Bertz CT molecular complexity index is 827. The van der Waals surface area contributed by atoms with Gasteiger partial charge in [-0.1, -0.05) is 36.4 Å². The van der Waals surface area contributed by atoms with Crippen LogP contribution in [-0.4, -0.2) is 18.3 Å². The third-order valence-electron chi connectivity index (χ3n) is 3.73. The normalized spacial score (nSPS) is 10.2. The average molecular weight is 349 g/mol. The number of carbonyl (C=O) groups is 1. The fraction of sp³-hybridized carbons (Fsp3) is 0.100. The maximum Gasteiger partial charge on any atom is 0.251 e. The van der Waals surface area contributed by atoms with Crippen molar-refractivity contribution < 1.29 is 4.79 Å². The molecule has 0 aliphatic rings. The third kappa shape index (κ3) is 4.78. The molecule has 126 valence electrons. The van der Waals surface area contributed by atoms with E-state index in [1.54, 1.807) is 12.1 Å². The first-order chi connectivity index (χ1) is 12.2. The number of thiophene rings is 1. The van der Waals surface area contributed by atoms with E-state index in [-0.39, 0.29) is 5.91 Å². The van der Waals surface area contributed by atoms with Gasteiger partial charge in [-0.3, -0.25) is 10.2 Å². The lowest BCUT2D eigenvalue weighted by Gasteiger charge is -2.08. The van der Waals surface area contributed by atoms with Crippen LogP contribution in [0.2, 0.25) is 0 Å². The highest BCUT2D eigenvalue weighted by Crippen LogP contribution is 2.14. The lowest BCUT2D eigenvalue weighted by atomic mass is 10.1. The number of carbonyl (C=O) groups excluding carboxylic acids is 1. The number of hydrogen-bond donors (Lipinski definition) is 3. The summed E-state index contributed by atoms with van der Waals surface area (Å²) in [5.41, 5.74) is 2.70. The van der Waals surface area contributed by atoms with E-state index in [9.17, 15) is 4.79 Å². The van der Waals surface area contributed by atoms with Gasteiger partial charge in [0.1, 0.15) is 5.84 Å². The van der Waals surface area contributed by atoms with Crippen LogP contribution in [0, 0.1) is 5.41 Å². The molecule has 1 heterocycles. The molecule has 3 rings (SSSR count). The van der Waals surface area contributed by atoms with Gasteiger partial charge >= 0.3 is 0 Å². The highest BCUT2D eigenvalue weighted by molar-refractivity contribution is 7.12. The van der Waals surface area contributed by atoms with Crippen molar-refractivity contribution in [1.82, 2.24) is 5.32 Å². The first kappa shape index (κ1) is 16.9. The highest BCUT2D eigenvalue weighted by atomic mass is 32.1. The smallest absolute Gasteiger partial charge is 0.251 e. The van der Waals surface area contributed by atoms with Gasteiger partial charge < -0.3 is 10.6 Å². The van der Waals surface area contributed by atoms with Gasteiger partial charge in [0.15, 0.2) is 0 Å². The minimum atomic E-state index is -0.0525. The Morgan fingerprint density at radius 3 is 2.40 bits per heavy atom. The van der Waals surface area contributed by atoms with Crippen molar-refractivity contribution in [3.63, 3.8) is 0 Å². The molecule has 0 saturated carbocycles. The summed E-state index contributed by atoms with van der Waals surface area (Å²) in [4.78, 5) is 12.9. The first-order valence-electron chi connectivity index (χ1n) is 8.04. The van der Waals surface area contributed by atoms with E-state index < -0.39 is 0 Å². The SMILES string of the molecule is N=C(Nc1ccc(CCNC(=O)c2ccccc2)cc1)c1cccs1. The first-order valence-corrected chi connectivity index (χ1v) is 8.92. The predicted molar refractivity (Wildman–Crippen MR) is 104 cm³/mol. The van der Waals surface area contributed by atoms with Crippen molar-refractivity contribution in [2.75, 3.05) is 11.9 Å². The molecule has 1 aromatic heterocycles. The van der Waals surface area contributed by atoms with Crippen LogP contribution in [0.25, 0.3) is 0 Å². The molecule has 0 unspecified atom stereocenters. The molecule has 4 nitrogen and oxygen atoms in total. The van der Waals surface area contributed by atoms with Gasteiger partial charge in [-0.25, -0.2) is 0 Å². The lowest BCUT2D eigenvalue weighted by Crippen LogP contribution is -2.25. The van der Waals surface area contributed by atoms with Gasteiger partial charge in [0.25, 0.3) is 5.91 Å². The second-order valence-corrected chi connectivity index (χ2v) is 6.49. The van der Waals surface area contributed by atoms with E-state index in [0.717, 1.165) is 22.5 Å². The number of anilines is 1. The molecule has 0 bridgehead atoms. The van der Waals surface area contributed by atoms with Crippen molar-refractivity contribution in [2.24, 2.45) is 0 Å². The zero-order valence-corrected chi connectivity index (χ0v) is 14.5. The van der Waals surface area contributed by atoms with Crippen LogP contribution in [0.4, 0.5) is 5.69 Å². The molecule has 0 aliphatic heterocycles. The van der Waals surface area contributed by atoms with E-state index in [0.29, 0.717) is 17.9 Å². The van der Waals surface area contributed by atoms with Gasteiger partial charge in [-0.2, -0.15) is 0 Å². The van der Waals surface area contributed by atoms with Crippen LogP contribution < -0.4 is 10.6 Å². The van der Waals surface area contributed by atoms with Crippen molar-refractivity contribution >= 4 is 28.8 Å². The molecule has 0 aliphatic carbocycles. The Morgan fingerprint density at radius 1 is 0.960 bits per heavy atom.